The van der Waals surface area contributed by atoms with E-state index in [9.17, 15) is 9.90 Å². The third kappa shape index (κ3) is 4.16. The Balaban J connectivity index is 1.49. The number of amides is 2. The van der Waals surface area contributed by atoms with Crippen LogP contribution in [0.15, 0.2) is 54.1 Å². The maximum absolute atomic E-state index is 12.7. The molecule has 5 heteroatoms. The zero-order chi connectivity index (χ0) is 23.7. The van der Waals surface area contributed by atoms with Crippen molar-refractivity contribution in [2.75, 3.05) is 32.8 Å². The van der Waals surface area contributed by atoms with Crippen molar-refractivity contribution in [1.29, 1.82) is 0 Å². The molecule has 1 spiro atoms. The zero-order valence-corrected chi connectivity index (χ0v) is 20.5. The van der Waals surface area contributed by atoms with Gasteiger partial charge in [0.2, 0.25) is 0 Å². The highest BCUT2D eigenvalue weighted by Crippen LogP contribution is 2.54. The molecule has 1 saturated heterocycles. The molecule has 5 rings (SSSR count). The predicted octanol–water partition coefficient (Wildman–Crippen LogP) is 4.38. The Morgan fingerprint density at radius 1 is 1.15 bits per heavy atom. The van der Waals surface area contributed by atoms with Crippen LogP contribution in [0.2, 0.25) is 0 Å². The summed E-state index contributed by atoms with van der Waals surface area (Å²) in [6, 6.07) is 17.6. The van der Waals surface area contributed by atoms with Crippen LogP contribution in [0, 0.1) is 12.3 Å². The summed E-state index contributed by atoms with van der Waals surface area (Å²) < 4.78 is 0. The monoisotopic (exact) mass is 459 g/mol. The van der Waals surface area contributed by atoms with Crippen LogP contribution in [0.4, 0.5) is 4.79 Å². The molecular weight excluding hydrogens is 422 g/mol. The number of carbonyl (C=O) groups is 1. The smallest absolute Gasteiger partial charge is 0.317 e. The number of hydrogen-bond donors (Lipinski definition) is 2. The Morgan fingerprint density at radius 3 is 2.62 bits per heavy atom. The summed E-state index contributed by atoms with van der Waals surface area (Å²) in [7, 11) is 0. The third-order valence-corrected chi connectivity index (χ3v) is 8.05. The van der Waals surface area contributed by atoms with Crippen molar-refractivity contribution >= 4 is 11.6 Å². The van der Waals surface area contributed by atoms with Crippen molar-refractivity contribution in [2.45, 2.75) is 52.1 Å². The van der Waals surface area contributed by atoms with E-state index in [1.165, 1.54) is 33.4 Å². The van der Waals surface area contributed by atoms with Crippen LogP contribution in [0.1, 0.15) is 48.4 Å². The van der Waals surface area contributed by atoms with Gasteiger partial charge in [0.15, 0.2) is 0 Å². The zero-order valence-electron chi connectivity index (χ0n) is 20.5. The number of rotatable bonds is 5. The van der Waals surface area contributed by atoms with Gasteiger partial charge in [0.05, 0.1) is 12.6 Å². The highest BCUT2D eigenvalue weighted by atomic mass is 16.3. The normalized spacial score (nSPS) is 21.5. The molecular formula is C29H37N3O2. The lowest BCUT2D eigenvalue weighted by Gasteiger charge is -2.51. The number of piperidine rings is 1. The van der Waals surface area contributed by atoms with Gasteiger partial charge in [-0.2, -0.15) is 0 Å². The fraction of sp³-hybridized carbons (Fsp3) is 0.483. The first-order valence-corrected chi connectivity index (χ1v) is 12.8. The molecule has 2 aromatic rings. The topological polar surface area (TPSA) is 55.8 Å². The molecule has 0 radical (unpaired) electrons. The van der Waals surface area contributed by atoms with Gasteiger partial charge in [0, 0.05) is 38.1 Å². The molecule has 2 aromatic carbocycles. The van der Waals surface area contributed by atoms with E-state index in [4.69, 9.17) is 0 Å². The van der Waals surface area contributed by atoms with Crippen LogP contribution in [-0.2, 0) is 13.0 Å². The maximum atomic E-state index is 12.7. The van der Waals surface area contributed by atoms with E-state index in [2.05, 4.69) is 72.6 Å². The molecule has 1 aliphatic carbocycles. The van der Waals surface area contributed by atoms with Gasteiger partial charge in [-0.1, -0.05) is 61.0 Å². The van der Waals surface area contributed by atoms with Crippen molar-refractivity contribution in [3.8, 4) is 0 Å². The molecule has 2 heterocycles. The average molecular weight is 460 g/mol. The summed E-state index contributed by atoms with van der Waals surface area (Å²) in [4.78, 5) is 17.1. The van der Waals surface area contributed by atoms with E-state index >= 15 is 0 Å². The van der Waals surface area contributed by atoms with Crippen molar-refractivity contribution < 1.29 is 9.90 Å². The SMILES string of the molecule is CCCNC(=O)N1CCC2(CC1)CN(Cc1ccccc1)[C@@H](CO)C1=C2c2ccc(C)cc2C1. The minimum atomic E-state index is 0.0117. The maximum Gasteiger partial charge on any atom is 0.317 e. The fourth-order valence-corrected chi connectivity index (χ4v) is 6.39. The predicted molar refractivity (Wildman–Crippen MR) is 136 cm³/mol. The lowest BCUT2D eigenvalue weighted by Crippen LogP contribution is -2.55. The van der Waals surface area contributed by atoms with Crippen LogP contribution < -0.4 is 5.32 Å². The number of hydrogen-bond acceptors (Lipinski definition) is 3. The van der Waals surface area contributed by atoms with Gasteiger partial charge >= 0.3 is 6.03 Å². The molecule has 0 unspecified atom stereocenters. The summed E-state index contributed by atoms with van der Waals surface area (Å²) in [5, 5.41) is 13.6. The Hall–Kier alpha value is -2.63. The fourth-order valence-electron chi connectivity index (χ4n) is 6.39. The molecule has 0 bridgehead atoms. The largest absolute Gasteiger partial charge is 0.394 e. The van der Waals surface area contributed by atoms with Crippen LogP contribution in [-0.4, -0.2) is 59.8 Å². The Labute approximate surface area is 203 Å². The first kappa shape index (κ1) is 23.1. The molecule has 0 aromatic heterocycles. The minimum absolute atomic E-state index is 0.0117. The van der Waals surface area contributed by atoms with Gasteiger partial charge in [0.1, 0.15) is 0 Å². The van der Waals surface area contributed by atoms with Crippen LogP contribution in [0.3, 0.4) is 0 Å². The molecule has 180 valence electrons. The van der Waals surface area contributed by atoms with Gasteiger partial charge in [0.25, 0.3) is 0 Å². The Morgan fingerprint density at radius 2 is 1.91 bits per heavy atom. The number of aliphatic hydroxyl groups excluding tert-OH is 1. The average Bonchev–Trinajstić information content (AvgIpc) is 3.23. The Kier molecular flexibility index (Phi) is 6.50. The lowest BCUT2D eigenvalue weighted by molar-refractivity contribution is 0.0598. The molecule has 2 N–H and O–H groups in total. The number of nitrogens with zero attached hydrogens (tertiary/aromatic N) is 2. The highest BCUT2D eigenvalue weighted by molar-refractivity contribution is 5.83. The highest BCUT2D eigenvalue weighted by Gasteiger charge is 2.49. The number of carbonyl (C=O) groups excluding carboxylic acids is 1. The van der Waals surface area contributed by atoms with Gasteiger partial charge in [-0.3, -0.25) is 4.90 Å². The van der Waals surface area contributed by atoms with Crippen LogP contribution in [0.5, 0.6) is 0 Å². The van der Waals surface area contributed by atoms with Gasteiger partial charge in [-0.15, -0.1) is 0 Å². The van der Waals surface area contributed by atoms with Crippen LogP contribution >= 0.6 is 0 Å². The number of benzene rings is 2. The van der Waals surface area contributed by atoms with Crippen molar-refractivity contribution in [3.63, 3.8) is 0 Å². The van der Waals surface area contributed by atoms with Gasteiger partial charge in [-0.25, -0.2) is 4.79 Å². The summed E-state index contributed by atoms with van der Waals surface area (Å²) >= 11 is 0. The first-order chi connectivity index (χ1) is 16.5. The second-order valence-electron chi connectivity index (χ2n) is 10.3. The number of likely N-dealkylation sites (tertiary alicyclic amines) is 1. The minimum Gasteiger partial charge on any atom is -0.394 e. The number of nitrogens with one attached hydrogen (secondary N) is 1. The molecule has 2 aliphatic heterocycles. The summed E-state index contributed by atoms with van der Waals surface area (Å²) in [5.41, 5.74) is 8.22. The number of fused-ring (bicyclic) bond motifs is 3. The number of aryl methyl sites for hydroxylation is 1. The van der Waals surface area contributed by atoms with E-state index in [0.717, 1.165) is 58.4 Å². The first-order valence-electron chi connectivity index (χ1n) is 12.8. The van der Waals surface area contributed by atoms with Gasteiger partial charge in [-0.05, 0) is 60.4 Å². The summed E-state index contributed by atoms with van der Waals surface area (Å²) in [6.07, 6.45) is 3.79. The molecule has 5 nitrogen and oxygen atoms in total. The van der Waals surface area contributed by atoms with Crippen molar-refractivity contribution in [2.24, 2.45) is 5.41 Å². The molecule has 1 atom stereocenters. The van der Waals surface area contributed by atoms with E-state index in [1.807, 2.05) is 4.90 Å². The second kappa shape index (κ2) is 9.55. The van der Waals surface area contributed by atoms with E-state index in [0.29, 0.717) is 0 Å². The summed E-state index contributed by atoms with van der Waals surface area (Å²) in [5.74, 6) is 0. The molecule has 2 amide bonds. The number of urea groups is 1. The third-order valence-electron chi connectivity index (χ3n) is 8.05. The molecule has 0 saturated carbocycles. The van der Waals surface area contributed by atoms with Gasteiger partial charge < -0.3 is 15.3 Å². The molecule has 3 aliphatic rings. The van der Waals surface area contributed by atoms with Crippen molar-refractivity contribution in [1.82, 2.24) is 15.1 Å². The van der Waals surface area contributed by atoms with Crippen molar-refractivity contribution in [3.05, 3.63) is 76.4 Å². The number of aliphatic hydroxyl groups is 1. The Bertz CT molecular complexity index is 1070. The lowest BCUT2D eigenvalue weighted by atomic mass is 9.66. The summed E-state index contributed by atoms with van der Waals surface area (Å²) in [6.45, 7) is 8.41. The van der Waals surface area contributed by atoms with E-state index in [-0.39, 0.29) is 24.1 Å². The second-order valence-corrected chi connectivity index (χ2v) is 10.3. The standard InChI is InChI=1S/C29H37N3O2/c1-3-13-30-28(34)31-14-11-29(12-15-31)20-32(18-22-7-5-4-6-8-22)26(19-33)25-17-23-16-21(2)9-10-24(23)27(25)29/h4-10,16,26,33H,3,11-15,17-20H2,1-2H3,(H,30,34)/t26-/m0/s1. The van der Waals surface area contributed by atoms with E-state index in [1.54, 1.807) is 0 Å². The molecule has 1 fully saturated rings. The quantitative estimate of drug-likeness (QED) is 0.698. The molecule has 34 heavy (non-hydrogen) atoms. The van der Waals surface area contributed by atoms with Crippen LogP contribution in [0.25, 0.3) is 5.57 Å². The van der Waals surface area contributed by atoms with E-state index < -0.39 is 0 Å².